The number of nitrogens with zero attached hydrogens (tertiary/aromatic N) is 1. The molecule has 13 heavy (non-hydrogen) atoms. The number of aromatic nitrogens is 1. The Bertz CT molecular complexity index is 262. The first-order valence-electron chi connectivity index (χ1n) is 4.11. The number of nitrogen functional groups attached to an aromatic ring is 1. The average molecular weight is 188 g/mol. The lowest BCUT2D eigenvalue weighted by Gasteiger charge is -2.01. The number of aryl methyl sites for hydroxylation is 1. The number of rotatable bonds is 1. The topological polar surface area (TPSA) is 38.9 Å². The summed E-state index contributed by atoms with van der Waals surface area (Å²) in [5, 5.41) is 0. The van der Waals surface area contributed by atoms with Gasteiger partial charge in [-0.05, 0) is 18.6 Å². The van der Waals surface area contributed by atoms with Crippen LogP contribution in [0.1, 0.15) is 31.4 Å². The minimum Gasteiger partial charge on any atom is -0.383 e. The molecule has 0 saturated heterocycles. The maximum atomic E-state index is 12.0. The molecule has 74 valence electrons. The van der Waals surface area contributed by atoms with Crippen LogP contribution in [-0.4, -0.2) is 4.98 Å². The van der Waals surface area contributed by atoms with Crippen LogP contribution < -0.4 is 5.73 Å². The van der Waals surface area contributed by atoms with Crippen LogP contribution in [0.3, 0.4) is 0 Å². The first kappa shape index (κ1) is 11.8. The van der Waals surface area contributed by atoms with Crippen molar-refractivity contribution in [3.63, 3.8) is 0 Å². The summed E-state index contributed by atoms with van der Waals surface area (Å²) >= 11 is 0. The predicted molar refractivity (Wildman–Crippen MR) is 49.7 cm³/mol. The van der Waals surface area contributed by atoms with E-state index >= 15 is 0 Å². The molecule has 0 radical (unpaired) electrons. The Morgan fingerprint density at radius 1 is 1.38 bits per heavy atom. The molecule has 0 atom stereocenters. The van der Waals surface area contributed by atoms with Gasteiger partial charge in [0, 0.05) is 11.8 Å². The van der Waals surface area contributed by atoms with Crippen molar-refractivity contribution in [2.24, 2.45) is 0 Å². The summed E-state index contributed by atoms with van der Waals surface area (Å²) < 4.78 is 24.0. The molecule has 1 aromatic rings. The van der Waals surface area contributed by atoms with Crippen LogP contribution in [0.4, 0.5) is 14.6 Å². The standard InChI is InChI=1S/C7H8F2N2.C2H6/c1-4-2-5(6(8)9)3-11-7(4)10;1-2/h2-3,6H,1H3,(H2,10,11);1-2H3. The lowest BCUT2D eigenvalue weighted by Crippen LogP contribution is -1.95. The van der Waals surface area contributed by atoms with Gasteiger partial charge in [-0.3, -0.25) is 0 Å². The highest BCUT2D eigenvalue weighted by Crippen LogP contribution is 2.20. The largest absolute Gasteiger partial charge is 0.383 e. The third-order valence-corrected chi connectivity index (χ3v) is 1.39. The van der Waals surface area contributed by atoms with Gasteiger partial charge < -0.3 is 5.73 Å². The molecule has 1 rings (SSSR count). The Labute approximate surface area is 76.8 Å². The molecule has 2 N–H and O–H groups in total. The van der Waals surface area contributed by atoms with E-state index < -0.39 is 6.43 Å². The van der Waals surface area contributed by atoms with E-state index in [0.717, 1.165) is 6.20 Å². The molecule has 1 heterocycles. The molecule has 0 fully saturated rings. The fourth-order valence-electron chi connectivity index (χ4n) is 0.726. The van der Waals surface area contributed by atoms with Crippen molar-refractivity contribution in [2.75, 3.05) is 5.73 Å². The molecule has 0 aliphatic rings. The van der Waals surface area contributed by atoms with Gasteiger partial charge in [0.1, 0.15) is 5.82 Å². The lowest BCUT2D eigenvalue weighted by atomic mass is 10.2. The summed E-state index contributed by atoms with van der Waals surface area (Å²) in [5.74, 6) is 0.300. The van der Waals surface area contributed by atoms with E-state index in [4.69, 9.17) is 5.73 Å². The summed E-state index contributed by atoms with van der Waals surface area (Å²) in [7, 11) is 0. The minimum absolute atomic E-state index is 0.0864. The molecule has 0 spiro atoms. The zero-order valence-corrected chi connectivity index (χ0v) is 8.01. The van der Waals surface area contributed by atoms with E-state index in [-0.39, 0.29) is 5.56 Å². The van der Waals surface area contributed by atoms with Crippen LogP contribution in [0, 0.1) is 6.92 Å². The normalized spacial score (nSPS) is 9.38. The molecule has 0 aliphatic heterocycles. The smallest absolute Gasteiger partial charge is 0.265 e. The van der Waals surface area contributed by atoms with E-state index in [2.05, 4.69) is 4.98 Å². The molecule has 1 aromatic heterocycles. The van der Waals surface area contributed by atoms with Crippen molar-refractivity contribution < 1.29 is 8.78 Å². The van der Waals surface area contributed by atoms with Gasteiger partial charge in [-0.25, -0.2) is 13.8 Å². The zero-order valence-electron chi connectivity index (χ0n) is 8.01. The molecule has 0 amide bonds. The number of alkyl halides is 2. The van der Waals surface area contributed by atoms with Crippen molar-refractivity contribution in [3.05, 3.63) is 23.4 Å². The lowest BCUT2D eigenvalue weighted by molar-refractivity contribution is 0.151. The van der Waals surface area contributed by atoms with E-state index in [0.29, 0.717) is 11.4 Å². The molecule has 0 saturated carbocycles. The molecule has 0 aromatic carbocycles. The van der Waals surface area contributed by atoms with Gasteiger partial charge in [0.25, 0.3) is 6.43 Å². The van der Waals surface area contributed by atoms with Crippen molar-refractivity contribution in [1.82, 2.24) is 4.98 Å². The molecule has 0 aliphatic carbocycles. The van der Waals surface area contributed by atoms with Gasteiger partial charge in [-0.15, -0.1) is 0 Å². The third-order valence-electron chi connectivity index (χ3n) is 1.39. The van der Waals surface area contributed by atoms with Crippen molar-refractivity contribution in [1.29, 1.82) is 0 Å². The molecular weight excluding hydrogens is 174 g/mol. The van der Waals surface area contributed by atoms with E-state index in [1.54, 1.807) is 6.92 Å². The van der Waals surface area contributed by atoms with Crippen LogP contribution in [0.5, 0.6) is 0 Å². The summed E-state index contributed by atoms with van der Waals surface area (Å²) in [6, 6.07) is 1.34. The second kappa shape index (κ2) is 5.45. The fourth-order valence-corrected chi connectivity index (χ4v) is 0.726. The summed E-state index contributed by atoms with van der Waals surface area (Å²) in [6.07, 6.45) is -1.38. The second-order valence-corrected chi connectivity index (χ2v) is 2.27. The first-order chi connectivity index (χ1) is 6.11. The average Bonchev–Trinajstić information content (AvgIpc) is 2.13. The van der Waals surface area contributed by atoms with Gasteiger partial charge in [0.05, 0.1) is 0 Å². The number of halogens is 2. The highest BCUT2D eigenvalue weighted by molar-refractivity contribution is 5.39. The van der Waals surface area contributed by atoms with Gasteiger partial charge in [0.15, 0.2) is 0 Å². The maximum Gasteiger partial charge on any atom is 0.265 e. The monoisotopic (exact) mass is 188 g/mol. The van der Waals surface area contributed by atoms with Crippen LogP contribution in [0.2, 0.25) is 0 Å². The molecule has 2 nitrogen and oxygen atoms in total. The van der Waals surface area contributed by atoms with Gasteiger partial charge >= 0.3 is 0 Å². The minimum atomic E-state index is -2.47. The van der Waals surface area contributed by atoms with Crippen molar-refractivity contribution >= 4 is 5.82 Å². The predicted octanol–water partition coefficient (Wildman–Crippen LogP) is 2.94. The zero-order chi connectivity index (χ0) is 10.4. The molecule has 0 unspecified atom stereocenters. The van der Waals surface area contributed by atoms with Crippen LogP contribution in [-0.2, 0) is 0 Å². The summed E-state index contributed by atoms with van der Waals surface area (Å²) in [4.78, 5) is 3.60. The quantitative estimate of drug-likeness (QED) is 0.735. The van der Waals surface area contributed by atoms with E-state index in [9.17, 15) is 8.78 Å². The summed E-state index contributed by atoms with van der Waals surface area (Å²) in [5.41, 5.74) is 5.83. The number of anilines is 1. The van der Waals surface area contributed by atoms with Gasteiger partial charge in [-0.2, -0.15) is 0 Å². The Balaban J connectivity index is 0.000000671. The van der Waals surface area contributed by atoms with Crippen molar-refractivity contribution in [2.45, 2.75) is 27.2 Å². The second-order valence-electron chi connectivity index (χ2n) is 2.27. The SMILES string of the molecule is CC.Cc1cc(C(F)F)cnc1N. The number of nitrogens with two attached hydrogens (primary N) is 1. The van der Waals surface area contributed by atoms with Gasteiger partial charge in [0.2, 0.25) is 0 Å². The highest BCUT2D eigenvalue weighted by atomic mass is 19.3. The van der Waals surface area contributed by atoms with Crippen LogP contribution >= 0.6 is 0 Å². The number of hydrogen-bond donors (Lipinski definition) is 1. The highest BCUT2D eigenvalue weighted by Gasteiger charge is 2.07. The molecule has 0 bridgehead atoms. The van der Waals surface area contributed by atoms with E-state index in [1.165, 1.54) is 6.07 Å². The maximum absolute atomic E-state index is 12.0. The number of pyridine rings is 1. The molecular formula is C9H14F2N2. The first-order valence-corrected chi connectivity index (χ1v) is 4.11. The van der Waals surface area contributed by atoms with Crippen LogP contribution in [0.15, 0.2) is 12.3 Å². The Kier molecular flexibility index (Phi) is 4.96. The van der Waals surface area contributed by atoms with E-state index in [1.807, 2.05) is 13.8 Å². The van der Waals surface area contributed by atoms with Crippen molar-refractivity contribution in [3.8, 4) is 0 Å². The summed E-state index contributed by atoms with van der Waals surface area (Å²) in [6.45, 7) is 5.65. The molecule has 4 heteroatoms. The van der Waals surface area contributed by atoms with Gasteiger partial charge in [-0.1, -0.05) is 13.8 Å². The Morgan fingerprint density at radius 2 is 1.92 bits per heavy atom. The third kappa shape index (κ3) is 3.36. The fraction of sp³-hybridized carbons (Fsp3) is 0.444. The number of hydrogen-bond acceptors (Lipinski definition) is 2. The Morgan fingerprint density at radius 3 is 2.31 bits per heavy atom. The Hall–Kier alpha value is -1.19. The van der Waals surface area contributed by atoms with Crippen LogP contribution in [0.25, 0.3) is 0 Å².